The van der Waals surface area contributed by atoms with E-state index in [1.165, 1.54) is 0 Å². The summed E-state index contributed by atoms with van der Waals surface area (Å²) in [6.07, 6.45) is 4.77. The lowest BCUT2D eigenvalue weighted by atomic mass is 9.96. The highest BCUT2D eigenvalue weighted by Crippen LogP contribution is 2.37. The van der Waals surface area contributed by atoms with E-state index in [1.807, 2.05) is 10.6 Å². The standard InChI is InChI=1S/C21H18ClN3O5S/c1-31(28,29)30-11-5-10-25-12-15(13-7-4-9-23-19(13)25)18-17(20(26)24-21(18)27)14-6-2-3-8-16(14)22/h2-4,6-9,12H,5,10-11H2,1H3,(H,24,26,27). The van der Waals surface area contributed by atoms with Crippen LogP contribution in [0.15, 0.2) is 48.8 Å². The molecule has 0 aliphatic carbocycles. The number of benzene rings is 1. The maximum atomic E-state index is 12.8. The molecular formula is C21H18ClN3O5S. The van der Waals surface area contributed by atoms with Gasteiger partial charge in [0.15, 0.2) is 0 Å². The molecule has 31 heavy (non-hydrogen) atoms. The summed E-state index contributed by atoms with van der Waals surface area (Å²) in [5.74, 6) is -1.03. The third kappa shape index (κ3) is 4.25. The molecule has 1 aromatic carbocycles. The van der Waals surface area contributed by atoms with Crippen LogP contribution in [-0.4, -0.2) is 42.6 Å². The number of aryl methyl sites for hydroxylation is 1. The first-order valence-electron chi connectivity index (χ1n) is 9.40. The quantitative estimate of drug-likeness (QED) is 0.330. The minimum absolute atomic E-state index is 0.0210. The molecule has 2 aromatic heterocycles. The number of rotatable bonds is 7. The zero-order chi connectivity index (χ0) is 22.2. The fraction of sp³-hybridized carbons (Fsp3) is 0.190. The van der Waals surface area contributed by atoms with E-state index in [2.05, 4.69) is 10.3 Å². The van der Waals surface area contributed by atoms with Crippen molar-refractivity contribution in [2.24, 2.45) is 0 Å². The van der Waals surface area contributed by atoms with Gasteiger partial charge in [0.2, 0.25) is 0 Å². The Kier molecular flexibility index (Phi) is 5.65. The minimum Gasteiger partial charge on any atom is -0.332 e. The highest BCUT2D eigenvalue weighted by Gasteiger charge is 2.34. The van der Waals surface area contributed by atoms with E-state index in [-0.39, 0.29) is 17.8 Å². The number of carbonyl (C=O) groups is 2. The van der Waals surface area contributed by atoms with Gasteiger partial charge in [-0.3, -0.25) is 19.1 Å². The molecule has 0 fully saturated rings. The molecule has 3 heterocycles. The molecule has 10 heteroatoms. The Balaban J connectivity index is 1.81. The van der Waals surface area contributed by atoms with Crippen molar-refractivity contribution in [1.29, 1.82) is 0 Å². The van der Waals surface area contributed by atoms with Gasteiger partial charge >= 0.3 is 0 Å². The molecule has 0 spiro atoms. The van der Waals surface area contributed by atoms with Gasteiger partial charge in [-0.2, -0.15) is 8.42 Å². The number of aromatic nitrogens is 2. The van der Waals surface area contributed by atoms with Crippen LogP contribution in [0.4, 0.5) is 0 Å². The maximum absolute atomic E-state index is 12.8. The van der Waals surface area contributed by atoms with Gasteiger partial charge in [-0.25, -0.2) is 4.98 Å². The van der Waals surface area contributed by atoms with Crippen molar-refractivity contribution in [3.05, 3.63) is 64.9 Å². The normalized spacial score (nSPS) is 14.5. The summed E-state index contributed by atoms with van der Waals surface area (Å²) >= 11 is 6.31. The van der Waals surface area contributed by atoms with Crippen molar-refractivity contribution in [2.45, 2.75) is 13.0 Å². The van der Waals surface area contributed by atoms with E-state index in [4.69, 9.17) is 15.8 Å². The van der Waals surface area contributed by atoms with Gasteiger partial charge in [0.05, 0.1) is 24.0 Å². The summed E-state index contributed by atoms with van der Waals surface area (Å²) in [6, 6.07) is 10.4. The first-order chi connectivity index (χ1) is 14.8. The Hall–Kier alpha value is -3.01. The van der Waals surface area contributed by atoms with Crippen molar-refractivity contribution in [2.75, 3.05) is 12.9 Å². The molecular weight excluding hydrogens is 442 g/mol. The molecule has 3 aromatic rings. The average molecular weight is 460 g/mol. The molecule has 4 rings (SSSR count). The summed E-state index contributed by atoms with van der Waals surface area (Å²) in [5, 5.41) is 3.41. The third-order valence-electron chi connectivity index (χ3n) is 4.82. The van der Waals surface area contributed by atoms with Crippen LogP contribution in [0, 0.1) is 0 Å². The Morgan fingerprint density at radius 3 is 2.48 bits per heavy atom. The van der Waals surface area contributed by atoms with Gasteiger partial charge < -0.3 is 4.57 Å². The second kappa shape index (κ2) is 8.26. The molecule has 1 aliphatic heterocycles. The van der Waals surface area contributed by atoms with Gasteiger partial charge in [0.25, 0.3) is 21.9 Å². The number of fused-ring (bicyclic) bond motifs is 1. The fourth-order valence-electron chi connectivity index (χ4n) is 3.57. The number of hydrogen-bond acceptors (Lipinski definition) is 6. The number of hydrogen-bond donors (Lipinski definition) is 1. The predicted molar refractivity (Wildman–Crippen MR) is 117 cm³/mol. The summed E-state index contributed by atoms with van der Waals surface area (Å²) in [4.78, 5) is 29.8. The molecule has 0 saturated heterocycles. The molecule has 1 N–H and O–H groups in total. The summed E-state index contributed by atoms with van der Waals surface area (Å²) < 4.78 is 28.9. The van der Waals surface area contributed by atoms with Crippen LogP contribution in [0.3, 0.4) is 0 Å². The second-order valence-corrected chi connectivity index (χ2v) is 9.05. The van der Waals surface area contributed by atoms with E-state index in [0.717, 1.165) is 6.26 Å². The van der Waals surface area contributed by atoms with Crippen LogP contribution in [0.25, 0.3) is 22.2 Å². The van der Waals surface area contributed by atoms with E-state index < -0.39 is 21.9 Å². The van der Waals surface area contributed by atoms with E-state index in [1.54, 1.807) is 42.7 Å². The Morgan fingerprint density at radius 2 is 1.77 bits per heavy atom. The zero-order valence-electron chi connectivity index (χ0n) is 16.5. The first-order valence-corrected chi connectivity index (χ1v) is 11.6. The monoisotopic (exact) mass is 459 g/mol. The van der Waals surface area contributed by atoms with Crippen LogP contribution >= 0.6 is 11.6 Å². The lowest BCUT2D eigenvalue weighted by Gasteiger charge is -2.06. The summed E-state index contributed by atoms with van der Waals surface area (Å²) in [5.41, 5.74) is 2.05. The van der Waals surface area contributed by atoms with Crippen LogP contribution in [-0.2, 0) is 30.4 Å². The molecule has 8 nitrogen and oxygen atoms in total. The second-order valence-electron chi connectivity index (χ2n) is 7.00. The van der Waals surface area contributed by atoms with Gasteiger partial charge in [-0.15, -0.1) is 0 Å². The first kappa shape index (κ1) is 21.2. The molecule has 0 atom stereocenters. The minimum atomic E-state index is -3.52. The van der Waals surface area contributed by atoms with Crippen LogP contribution in [0.2, 0.25) is 5.02 Å². The molecule has 0 radical (unpaired) electrons. The number of nitrogens with one attached hydrogen (secondary N) is 1. The largest absolute Gasteiger partial charge is 0.332 e. The Bertz CT molecular complexity index is 1340. The molecule has 0 unspecified atom stereocenters. The fourth-order valence-corrected chi connectivity index (χ4v) is 4.22. The average Bonchev–Trinajstić information content (AvgIpc) is 3.21. The predicted octanol–water partition coefficient (Wildman–Crippen LogP) is 2.62. The Morgan fingerprint density at radius 1 is 1.06 bits per heavy atom. The number of halogens is 1. The van der Waals surface area contributed by atoms with Gasteiger partial charge in [-0.05, 0) is 24.6 Å². The number of amides is 2. The van der Waals surface area contributed by atoms with Crippen molar-refractivity contribution < 1.29 is 22.2 Å². The number of pyridine rings is 1. The number of imide groups is 1. The number of nitrogens with zero attached hydrogens (tertiary/aromatic N) is 2. The van der Waals surface area contributed by atoms with Gasteiger partial charge in [-0.1, -0.05) is 29.8 Å². The van der Waals surface area contributed by atoms with Gasteiger partial charge in [0.1, 0.15) is 5.65 Å². The summed E-state index contributed by atoms with van der Waals surface area (Å²) in [6.45, 7) is 0.431. The van der Waals surface area contributed by atoms with Crippen molar-refractivity contribution in [3.63, 3.8) is 0 Å². The lowest BCUT2D eigenvalue weighted by Crippen LogP contribution is -2.22. The van der Waals surface area contributed by atoms with Crippen LogP contribution < -0.4 is 5.32 Å². The SMILES string of the molecule is CS(=O)(=O)OCCCn1cc(C2=C(c3ccccc3Cl)C(=O)NC2=O)c2cccnc21. The molecule has 160 valence electrons. The number of carbonyl (C=O) groups excluding carboxylic acids is 2. The molecule has 1 aliphatic rings. The molecule has 2 amide bonds. The highest BCUT2D eigenvalue weighted by atomic mass is 35.5. The van der Waals surface area contributed by atoms with Crippen LogP contribution in [0.5, 0.6) is 0 Å². The lowest BCUT2D eigenvalue weighted by molar-refractivity contribution is -0.122. The van der Waals surface area contributed by atoms with E-state index >= 15 is 0 Å². The van der Waals surface area contributed by atoms with Crippen molar-refractivity contribution in [1.82, 2.24) is 14.9 Å². The van der Waals surface area contributed by atoms with Crippen LogP contribution in [0.1, 0.15) is 17.5 Å². The maximum Gasteiger partial charge on any atom is 0.264 e. The smallest absolute Gasteiger partial charge is 0.264 e. The highest BCUT2D eigenvalue weighted by molar-refractivity contribution is 7.85. The van der Waals surface area contributed by atoms with E-state index in [9.17, 15) is 18.0 Å². The molecule has 0 bridgehead atoms. The van der Waals surface area contributed by atoms with Gasteiger partial charge in [0, 0.05) is 40.5 Å². The zero-order valence-corrected chi connectivity index (χ0v) is 18.0. The van der Waals surface area contributed by atoms with Crippen molar-refractivity contribution >= 4 is 55.7 Å². The third-order valence-corrected chi connectivity index (χ3v) is 5.74. The van der Waals surface area contributed by atoms with E-state index in [0.29, 0.717) is 40.1 Å². The Labute approximate surface area is 183 Å². The summed E-state index contributed by atoms with van der Waals surface area (Å²) in [7, 11) is -3.52. The topological polar surface area (TPSA) is 107 Å². The van der Waals surface area contributed by atoms with Crippen molar-refractivity contribution in [3.8, 4) is 0 Å². The molecule has 0 saturated carbocycles.